The fraction of sp³-hybridized carbons (Fsp3) is 0.208. The molecule has 0 radical (unpaired) electrons. The highest BCUT2D eigenvalue weighted by Gasteiger charge is 2.48. The number of hydroxylamine groups is 1. The number of hydrogen-bond donors (Lipinski definition) is 5. The van der Waals surface area contributed by atoms with E-state index in [2.05, 4.69) is 34.3 Å². The molecule has 0 bridgehead atoms. The largest absolute Gasteiger partial charge is 0.341 e. The van der Waals surface area contributed by atoms with Gasteiger partial charge in [0.1, 0.15) is 11.6 Å². The fourth-order valence-electron chi connectivity index (χ4n) is 2.77. The number of hydrogen-bond acceptors (Lipinski definition) is 4. The van der Waals surface area contributed by atoms with Crippen molar-refractivity contribution in [2.45, 2.75) is 24.9 Å². The third-order valence-corrected chi connectivity index (χ3v) is 5.03. The first-order valence-electron chi connectivity index (χ1n) is 10.0. The van der Waals surface area contributed by atoms with Crippen LogP contribution >= 0.6 is 11.6 Å². The average Bonchev–Trinajstić information content (AvgIpc) is 2.85. The van der Waals surface area contributed by atoms with E-state index in [9.17, 15) is 23.2 Å². The van der Waals surface area contributed by atoms with Crippen molar-refractivity contribution in [1.82, 2.24) is 21.4 Å². The molecule has 0 aliphatic heterocycles. The normalized spacial score (nSPS) is 12.5. The van der Waals surface area contributed by atoms with Gasteiger partial charge in [-0.05, 0) is 67.3 Å². The molecular weight excluding hydrogens is 482 g/mol. The van der Waals surface area contributed by atoms with Gasteiger partial charge in [-0.1, -0.05) is 23.4 Å². The molecule has 182 valence electrons. The Balaban J connectivity index is 2.18. The molecule has 0 heterocycles. The lowest BCUT2D eigenvalue weighted by molar-refractivity contribution is -0.135. The molecule has 2 rings (SSSR count). The number of amides is 4. The van der Waals surface area contributed by atoms with Gasteiger partial charge in [0.25, 0.3) is 18.2 Å². The molecule has 0 saturated heterocycles. The van der Waals surface area contributed by atoms with Gasteiger partial charge in [0.05, 0.1) is 0 Å². The topological polar surface area (TPSA) is 120 Å². The van der Waals surface area contributed by atoms with Crippen LogP contribution in [0.3, 0.4) is 0 Å². The first-order chi connectivity index (χ1) is 16.6. The number of benzene rings is 2. The first kappa shape index (κ1) is 27.1. The third kappa shape index (κ3) is 7.44. The molecule has 0 saturated carbocycles. The lowest BCUT2D eigenvalue weighted by Crippen LogP contribution is -2.69. The number of urea groups is 1. The standard InChI is InChI=1S/C24H21ClF2N4O4/c1-24(22(26)27,30-23(34)28-2)19(21(33)31-35)29-20(32)17-11-7-15(8-12-17)5-3-4-6-16-9-13-18(25)14-10-16/h7-14,19,22,35H,1-2H3,(H,29,32)(H,31,33)(H2,28,30,34). The Morgan fingerprint density at radius 2 is 1.49 bits per heavy atom. The number of halogens is 3. The highest BCUT2D eigenvalue weighted by Crippen LogP contribution is 2.21. The number of alkyl halides is 2. The Labute approximate surface area is 205 Å². The van der Waals surface area contributed by atoms with Crippen molar-refractivity contribution in [2.75, 3.05) is 7.05 Å². The van der Waals surface area contributed by atoms with E-state index in [1.165, 1.54) is 36.8 Å². The second-order valence-corrected chi connectivity index (χ2v) is 7.69. The van der Waals surface area contributed by atoms with Gasteiger partial charge in [0.2, 0.25) is 0 Å². The quantitative estimate of drug-likeness (QED) is 0.236. The van der Waals surface area contributed by atoms with Crippen molar-refractivity contribution in [1.29, 1.82) is 0 Å². The molecule has 2 atom stereocenters. The zero-order chi connectivity index (χ0) is 26.0. The van der Waals surface area contributed by atoms with E-state index in [0.717, 1.165) is 12.5 Å². The van der Waals surface area contributed by atoms with Crippen LogP contribution in [0.4, 0.5) is 13.6 Å². The zero-order valence-electron chi connectivity index (χ0n) is 18.6. The molecule has 2 aromatic rings. The fourth-order valence-corrected chi connectivity index (χ4v) is 2.90. The molecular formula is C24H21ClF2N4O4. The predicted octanol–water partition coefficient (Wildman–Crippen LogP) is 2.30. The monoisotopic (exact) mass is 502 g/mol. The van der Waals surface area contributed by atoms with Gasteiger partial charge >= 0.3 is 6.03 Å². The second-order valence-electron chi connectivity index (χ2n) is 7.25. The Morgan fingerprint density at radius 3 is 1.94 bits per heavy atom. The van der Waals surface area contributed by atoms with E-state index in [-0.39, 0.29) is 5.56 Å². The molecule has 5 N–H and O–H groups in total. The highest BCUT2D eigenvalue weighted by molar-refractivity contribution is 6.30. The average molecular weight is 503 g/mol. The summed E-state index contributed by atoms with van der Waals surface area (Å²) in [6.45, 7) is 0.858. The summed E-state index contributed by atoms with van der Waals surface area (Å²) >= 11 is 5.81. The molecule has 2 unspecified atom stereocenters. The summed E-state index contributed by atoms with van der Waals surface area (Å²) in [6.07, 6.45) is -3.28. The Kier molecular flexibility index (Phi) is 9.59. The molecule has 2 aromatic carbocycles. The molecule has 0 aliphatic carbocycles. The smallest absolute Gasteiger partial charge is 0.315 e. The summed E-state index contributed by atoms with van der Waals surface area (Å²) in [6, 6.07) is 9.61. The van der Waals surface area contributed by atoms with Crippen LogP contribution in [-0.2, 0) is 4.79 Å². The molecule has 4 amide bonds. The number of nitrogens with one attached hydrogen (secondary N) is 4. The van der Waals surface area contributed by atoms with Crippen molar-refractivity contribution in [3.8, 4) is 23.7 Å². The molecule has 11 heteroatoms. The van der Waals surface area contributed by atoms with E-state index in [1.807, 2.05) is 5.32 Å². The van der Waals surface area contributed by atoms with Gasteiger partial charge in [0, 0.05) is 28.8 Å². The molecule has 0 fully saturated rings. The van der Waals surface area contributed by atoms with Crippen molar-refractivity contribution < 1.29 is 28.4 Å². The Hall–Kier alpha value is -4.12. The van der Waals surface area contributed by atoms with Crippen LogP contribution in [0.2, 0.25) is 5.02 Å². The van der Waals surface area contributed by atoms with E-state index >= 15 is 0 Å². The maximum atomic E-state index is 13.8. The van der Waals surface area contributed by atoms with Gasteiger partial charge in [-0.15, -0.1) is 0 Å². The van der Waals surface area contributed by atoms with Crippen molar-refractivity contribution in [3.05, 3.63) is 70.2 Å². The van der Waals surface area contributed by atoms with Crippen molar-refractivity contribution >= 4 is 29.4 Å². The lowest BCUT2D eigenvalue weighted by Gasteiger charge is -2.36. The summed E-state index contributed by atoms with van der Waals surface area (Å²) in [5.41, 5.74) is -0.0335. The van der Waals surface area contributed by atoms with Gasteiger partial charge in [-0.3, -0.25) is 14.8 Å². The molecule has 8 nitrogen and oxygen atoms in total. The molecule has 35 heavy (non-hydrogen) atoms. The number of carbonyl (C=O) groups is 3. The van der Waals surface area contributed by atoms with Gasteiger partial charge in [-0.2, -0.15) is 0 Å². The Bertz CT molecular complexity index is 1200. The van der Waals surface area contributed by atoms with E-state index in [4.69, 9.17) is 16.8 Å². The van der Waals surface area contributed by atoms with Crippen LogP contribution in [0, 0.1) is 23.7 Å². The minimum absolute atomic E-state index is 0.0232. The number of carbonyl (C=O) groups excluding carboxylic acids is 3. The predicted molar refractivity (Wildman–Crippen MR) is 125 cm³/mol. The van der Waals surface area contributed by atoms with E-state index < -0.39 is 35.9 Å². The van der Waals surface area contributed by atoms with Crippen LogP contribution in [0.15, 0.2) is 48.5 Å². The van der Waals surface area contributed by atoms with Crippen molar-refractivity contribution in [3.63, 3.8) is 0 Å². The second kappa shape index (κ2) is 12.4. The summed E-state index contributed by atoms with van der Waals surface area (Å²) in [5, 5.41) is 15.7. The maximum Gasteiger partial charge on any atom is 0.315 e. The summed E-state index contributed by atoms with van der Waals surface area (Å²) in [5.74, 6) is 8.76. The summed E-state index contributed by atoms with van der Waals surface area (Å²) in [7, 11) is 1.19. The summed E-state index contributed by atoms with van der Waals surface area (Å²) in [4.78, 5) is 36.4. The van der Waals surface area contributed by atoms with E-state index in [1.54, 1.807) is 24.3 Å². The van der Waals surface area contributed by atoms with Crippen LogP contribution in [0.25, 0.3) is 0 Å². The zero-order valence-corrected chi connectivity index (χ0v) is 19.3. The van der Waals surface area contributed by atoms with Gasteiger partial charge in [0.15, 0.2) is 0 Å². The highest BCUT2D eigenvalue weighted by atomic mass is 35.5. The van der Waals surface area contributed by atoms with Gasteiger partial charge < -0.3 is 16.0 Å². The van der Waals surface area contributed by atoms with E-state index in [0.29, 0.717) is 10.6 Å². The maximum absolute atomic E-state index is 13.8. The van der Waals surface area contributed by atoms with Crippen molar-refractivity contribution in [2.24, 2.45) is 0 Å². The van der Waals surface area contributed by atoms with Crippen LogP contribution in [0.1, 0.15) is 28.4 Å². The minimum atomic E-state index is -3.28. The number of rotatable bonds is 6. The summed E-state index contributed by atoms with van der Waals surface area (Å²) < 4.78 is 27.6. The third-order valence-electron chi connectivity index (χ3n) is 4.78. The molecule has 0 spiro atoms. The molecule has 0 aliphatic rings. The SMILES string of the molecule is CNC(=O)NC(C)(C(F)F)C(NC(=O)c1ccc(C#CC#Cc2ccc(Cl)cc2)cc1)C(=O)NO. The lowest BCUT2D eigenvalue weighted by atomic mass is 9.91. The van der Waals surface area contributed by atoms with Crippen LogP contribution in [-0.4, -0.2) is 48.1 Å². The Morgan fingerprint density at radius 1 is 0.971 bits per heavy atom. The minimum Gasteiger partial charge on any atom is -0.341 e. The van der Waals surface area contributed by atoms with Crippen LogP contribution in [0.5, 0.6) is 0 Å². The molecule has 0 aromatic heterocycles. The first-order valence-corrected chi connectivity index (χ1v) is 10.4. The van der Waals surface area contributed by atoms with Gasteiger partial charge in [-0.25, -0.2) is 19.1 Å². The van der Waals surface area contributed by atoms with Crippen LogP contribution < -0.4 is 21.4 Å².